The Labute approximate surface area is 222 Å². The molecule has 3 bridgehead atoms. The topological polar surface area (TPSA) is 42.0 Å². The minimum Gasteiger partial charge on any atom is -0.301 e. The van der Waals surface area contributed by atoms with Crippen LogP contribution in [0.5, 0.6) is 0 Å². The first-order chi connectivity index (χ1) is 17.5. The Morgan fingerprint density at radius 3 is 2.75 bits per heavy atom. The predicted octanol–water partition coefficient (Wildman–Crippen LogP) is 8.16. The highest BCUT2D eigenvalue weighted by Gasteiger charge is 2.60. The van der Waals surface area contributed by atoms with Crippen LogP contribution in [0, 0.1) is 5.41 Å². The van der Waals surface area contributed by atoms with Gasteiger partial charge in [0.1, 0.15) is 0 Å². The average molecular weight is 552 g/mol. The number of hydrogen-bond acceptors (Lipinski definition) is 3. The molecule has 1 N–H and O–H groups in total. The maximum Gasteiger partial charge on any atom is 0.233 e. The smallest absolute Gasteiger partial charge is 0.233 e. The van der Waals surface area contributed by atoms with Crippen LogP contribution in [0.4, 0.5) is 5.13 Å². The predicted molar refractivity (Wildman–Crippen MR) is 151 cm³/mol. The van der Waals surface area contributed by atoms with Gasteiger partial charge in [0.25, 0.3) is 0 Å². The molecule has 1 heterocycles. The fraction of sp³-hybridized carbons (Fsp3) is 0.161. The number of thiazole rings is 1. The molecule has 3 aromatic carbocycles. The Morgan fingerprint density at radius 1 is 1.06 bits per heavy atom. The Balaban J connectivity index is 1.26. The van der Waals surface area contributed by atoms with Crippen LogP contribution < -0.4 is 5.32 Å². The molecular weight excluding hydrogens is 528 g/mol. The fourth-order valence-electron chi connectivity index (χ4n) is 6.38. The van der Waals surface area contributed by atoms with E-state index >= 15 is 0 Å². The lowest BCUT2D eigenvalue weighted by Gasteiger charge is -2.55. The van der Waals surface area contributed by atoms with Gasteiger partial charge in [-0.25, -0.2) is 4.98 Å². The molecular formula is C31H23BrN2OS. The Bertz CT molecular complexity index is 1660. The van der Waals surface area contributed by atoms with Crippen LogP contribution in [0.15, 0.2) is 106 Å². The van der Waals surface area contributed by atoms with Crippen molar-refractivity contribution in [1.29, 1.82) is 0 Å². The molecule has 4 aliphatic carbocycles. The van der Waals surface area contributed by atoms with Crippen molar-refractivity contribution in [3.05, 3.63) is 118 Å². The maximum atomic E-state index is 14.1. The molecule has 3 unspecified atom stereocenters. The summed E-state index contributed by atoms with van der Waals surface area (Å²) >= 11 is 5.13. The molecule has 5 heteroatoms. The molecule has 0 fully saturated rings. The van der Waals surface area contributed by atoms with Gasteiger partial charge in [0, 0.05) is 26.7 Å². The molecule has 1 aromatic heterocycles. The number of hydrogen-bond donors (Lipinski definition) is 1. The summed E-state index contributed by atoms with van der Waals surface area (Å²) in [6.07, 6.45) is 11.7. The number of nitrogens with zero attached hydrogens (tertiary/aromatic N) is 1. The largest absolute Gasteiger partial charge is 0.301 e. The number of anilines is 1. The van der Waals surface area contributed by atoms with Crippen LogP contribution in [-0.4, -0.2) is 10.9 Å². The third-order valence-electron chi connectivity index (χ3n) is 8.24. The van der Waals surface area contributed by atoms with Crippen molar-refractivity contribution in [3.8, 4) is 11.3 Å². The number of carbonyl (C=O) groups is 1. The van der Waals surface area contributed by atoms with Crippen molar-refractivity contribution in [2.45, 2.75) is 24.7 Å². The molecule has 0 saturated heterocycles. The van der Waals surface area contributed by atoms with E-state index in [0.717, 1.165) is 32.9 Å². The number of rotatable bonds is 3. The van der Waals surface area contributed by atoms with Crippen LogP contribution in [0.3, 0.4) is 0 Å². The summed E-state index contributed by atoms with van der Waals surface area (Å²) in [6.45, 7) is 2.12. The number of amides is 1. The lowest BCUT2D eigenvalue weighted by molar-refractivity contribution is -0.128. The molecule has 3 atom stereocenters. The molecule has 1 spiro atoms. The summed E-state index contributed by atoms with van der Waals surface area (Å²) in [7, 11) is 0. The van der Waals surface area contributed by atoms with E-state index in [0.29, 0.717) is 5.13 Å². The van der Waals surface area contributed by atoms with Gasteiger partial charge in [-0.1, -0.05) is 101 Å². The normalized spacial score (nSPS) is 25.4. The van der Waals surface area contributed by atoms with Gasteiger partial charge in [-0.2, -0.15) is 0 Å². The van der Waals surface area contributed by atoms with E-state index in [4.69, 9.17) is 4.98 Å². The van der Waals surface area contributed by atoms with Gasteiger partial charge in [-0.05, 0) is 46.9 Å². The van der Waals surface area contributed by atoms with Crippen molar-refractivity contribution < 1.29 is 4.79 Å². The second-order valence-corrected chi connectivity index (χ2v) is 11.8. The van der Waals surface area contributed by atoms with Gasteiger partial charge < -0.3 is 5.32 Å². The van der Waals surface area contributed by atoms with Crippen LogP contribution in [0.25, 0.3) is 22.0 Å². The number of aromatic nitrogens is 1. The minimum absolute atomic E-state index is 0.0189. The number of benzene rings is 3. The quantitative estimate of drug-likeness (QED) is 0.279. The number of nitrogens with one attached hydrogen (secondary N) is 1. The van der Waals surface area contributed by atoms with Crippen LogP contribution in [0.2, 0.25) is 0 Å². The summed E-state index contributed by atoms with van der Waals surface area (Å²) < 4.78 is 1.06. The molecule has 0 aliphatic heterocycles. The molecule has 1 amide bonds. The average Bonchev–Trinajstić information content (AvgIpc) is 3.28. The highest BCUT2D eigenvalue weighted by atomic mass is 79.9. The van der Waals surface area contributed by atoms with Crippen LogP contribution in [-0.2, 0) is 10.2 Å². The maximum absolute atomic E-state index is 14.1. The van der Waals surface area contributed by atoms with Gasteiger partial charge in [0.2, 0.25) is 5.91 Å². The first kappa shape index (κ1) is 22.0. The van der Waals surface area contributed by atoms with Gasteiger partial charge >= 0.3 is 0 Å². The summed E-state index contributed by atoms with van der Waals surface area (Å²) in [5.74, 6) is 0.237. The number of fused-ring (bicyclic) bond motifs is 2. The molecule has 0 radical (unpaired) electrons. The first-order valence-corrected chi connectivity index (χ1v) is 13.8. The zero-order valence-electron chi connectivity index (χ0n) is 19.7. The van der Waals surface area contributed by atoms with Gasteiger partial charge in [0.15, 0.2) is 5.13 Å². The monoisotopic (exact) mass is 550 g/mol. The van der Waals surface area contributed by atoms with E-state index in [9.17, 15) is 4.79 Å². The van der Waals surface area contributed by atoms with Gasteiger partial charge in [-0.3, -0.25) is 4.79 Å². The number of allylic oxidation sites excluding steroid dienone is 6. The van der Waals surface area contributed by atoms with Crippen molar-refractivity contribution in [1.82, 2.24) is 4.98 Å². The van der Waals surface area contributed by atoms with E-state index in [-0.39, 0.29) is 11.8 Å². The van der Waals surface area contributed by atoms with Crippen molar-refractivity contribution in [2.24, 2.45) is 5.41 Å². The van der Waals surface area contributed by atoms with Gasteiger partial charge in [0.05, 0.1) is 11.1 Å². The second kappa shape index (κ2) is 7.86. The fourth-order valence-corrected chi connectivity index (χ4v) is 7.56. The second-order valence-electron chi connectivity index (χ2n) is 10.0. The number of carbonyl (C=O) groups excluding carboxylic acids is 1. The van der Waals surface area contributed by atoms with E-state index in [2.05, 4.69) is 107 Å². The minimum atomic E-state index is -0.631. The summed E-state index contributed by atoms with van der Waals surface area (Å²) in [4.78, 5) is 18.9. The molecule has 8 rings (SSSR count). The third kappa shape index (κ3) is 2.96. The van der Waals surface area contributed by atoms with E-state index in [1.165, 1.54) is 28.0 Å². The Kier molecular flexibility index (Phi) is 4.79. The summed E-state index contributed by atoms with van der Waals surface area (Å²) in [6, 6.07) is 21.0. The summed E-state index contributed by atoms with van der Waals surface area (Å²) in [5.41, 5.74) is 4.71. The standard InChI is InChI=1S/C31H23BrN2OS/c1-30(17-24-19-8-6-7-15-31(30,16-19)25-12-5-4-10-21(24)25)28(35)34-29-33-27(18-36-29)23-13-14-26(32)22-11-3-2-9-20(22)23/h2-16,18,24H,17H2,1H3,(H,33,34,35). The van der Waals surface area contributed by atoms with E-state index < -0.39 is 10.8 Å². The zero-order valence-corrected chi connectivity index (χ0v) is 22.1. The third-order valence-corrected chi connectivity index (χ3v) is 9.68. The van der Waals surface area contributed by atoms with Crippen LogP contribution in [0.1, 0.15) is 30.4 Å². The Hall–Kier alpha value is -3.28. The zero-order chi connectivity index (χ0) is 24.5. The SMILES string of the molecule is CC1(C(=O)Nc2nc(-c3ccc(Br)c4ccccc34)cs2)CC2C3=CC1(C=CC=C3)c1ccccc12. The van der Waals surface area contributed by atoms with Crippen molar-refractivity contribution in [2.75, 3.05) is 5.32 Å². The van der Waals surface area contributed by atoms with Gasteiger partial charge in [-0.15, -0.1) is 11.3 Å². The molecule has 0 saturated carbocycles. The lowest BCUT2D eigenvalue weighted by atomic mass is 9.47. The lowest BCUT2D eigenvalue weighted by Crippen LogP contribution is -2.55. The highest BCUT2D eigenvalue weighted by molar-refractivity contribution is 9.10. The van der Waals surface area contributed by atoms with Crippen LogP contribution >= 0.6 is 27.3 Å². The van der Waals surface area contributed by atoms with Crippen molar-refractivity contribution in [3.63, 3.8) is 0 Å². The number of halogens is 1. The molecule has 36 heavy (non-hydrogen) atoms. The van der Waals surface area contributed by atoms with E-state index in [1.807, 2.05) is 17.5 Å². The van der Waals surface area contributed by atoms with E-state index in [1.54, 1.807) is 0 Å². The molecule has 4 aliphatic rings. The first-order valence-electron chi connectivity index (χ1n) is 12.1. The highest BCUT2D eigenvalue weighted by Crippen LogP contribution is 2.63. The molecule has 176 valence electrons. The Morgan fingerprint density at radius 2 is 1.86 bits per heavy atom. The van der Waals surface area contributed by atoms with Crippen molar-refractivity contribution >= 4 is 49.1 Å². The molecule has 4 aromatic rings. The molecule has 3 nitrogen and oxygen atoms in total. The summed E-state index contributed by atoms with van der Waals surface area (Å²) in [5, 5.41) is 8.16.